The van der Waals surface area contributed by atoms with Crippen molar-refractivity contribution in [3.63, 3.8) is 0 Å². The van der Waals surface area contributed by atoms with Crippen LogP contribution < -0.4 is 4.90 Å². The molecule has 126 valence electrons. The largest absolute Gasteiger partial charge is 0.368 e. The normalized spacial score (nSPS) is 21.5. The summed E-state index contributed by atoms with van der Waals surface area (Å²) >= 11 is 5.61. The lowest BCUT2D eigenvalue weighted by atomic mass is 9.86. The number of aryl methyl sites for hydroxylation is 1. The SMILES string of the molecule is Cc1ccc2c(c1)-c1c(ssc1=S)C(C)(C)N2C(=O)[C@@H]1CCCO1. The minimum atomic E-state index is -0.418. The maximum absolute atomic E-state index is 13.3. The summed E-state index contributed by atoms with van der Waals surface area (Å²) < 4.78 is 6.60. The summed E-state index contributed by atoms with van der Waals surface area (Å²) in [6, 6.07) is 6.27. The molecule has 0 unspecified atom stereocenters. The Bertz CT molecular complexity index is 875. The van der Waals surface area contributed by atoms with E-state index < -0.39 is 5.54 Å². The average molecular weight is 378 g/mol. The molecule has 1 saturated heterocycles. The number of rotatable bonds is 1. The first-order valence-electron chi connectivity index (χ1n) is 8.11. The van der Waals surface area contributed by atoms with Crippen molar-refractivity contribution in [3.05, 3.63) is 32.5 Å². The molecule has 0 bridgehead atoms. The summed E-state index contributed by atoms with van der Waals surface area (Å²) in [6.45, 7) is 6.97. The Balaban J connectivity index is 1.95. The van der Waals surface area contributed by atoms with E-state index in [-0.39, 0.29) is 12.0 Å². The van der Waals surface area contributed by atoms with E-state index >= 15 is 0 Å². The highest BCUT2D eigenvalue weighted by Gasteiger charge is 2.45. The zero-order valence-corrected chi connectivity index (χ0v) is 16.4. The monoisotopic (exact) mass is 377 g/mol. The predicted octanol–water partition coefficient (Wildman–Crippen LogP) is 5.28. The van der Waals surface area contributed by atoms with Crippen molar-refractivity contribution in [2.75, 3.05) is 11.5 Å². The topological polar surface area (TPSA) is 29.5 Å². The van der Waals surface area contributed by atoms with Gasteiger partial charge in [0.1, 0.15) is 9.93 Å². The summed E-state index contributed by atoms with van der Waals surface area (Å²) in [5.41, 5.74) is 3.93. The minimum Gasteiger partial charge on any atom is -0.368 e. The van der Waals surface area contributed by atoms with E-state index in [1.165, 1.54) is 10.4 Å². The van der Waals surface area contributed by atoms with Crippen LogP contribution in [0.15, 0.2) is 18.2 Å². The van der Waals surface area contributed by atoms with Gasteiger partial charge < -0.3 is 4.74 Å². The fourth-order valence-corrected chi connectivity index (χ4v) is 6.94. The zero-order valence-electron chi connectivity index (χ0n) is 13.9. The first-order valence-corrected chi connectivity index (χ1v) is 10.7. The number of fused-ring (bicyclic) bond motifs is 3. The molecule has 2 aliphatic rings. The molecule has 3 nitrogen and oxygen atoms in total. The van der Waals surface area contributed by atoms with Crippen molar-refractivity contribution in [3.8, 4) is 11.1 Å². The summed E-state index contributed by atoms with van der Waals surface area (Å²) in [5, 5.41) is 0. The third-order valence-corrected chi connectivity index (χ3v) is 8.16. The van der Waals surface area contributed by atoms with E-state index in [1.807, 2.05) is 4.90 Å². The Hall–Kier alpha value is -1.08. The number of nitrogens with zero attached hydrogens (tertiary/aromatic N) is 1. The van der Waals surface area contributed by atoms with E-state index in [2.05, 4.69) is 39.0 Å². The van der Waals surface area contributed by atoms with E-state index in [0.717, 1.165) is 33.5 Å². The molecular weight excluding hydrogens is 358 g/mol. The molecule has 0 N–H and O–H groups in total. The molecule has 1 amide bonds. The number of carbonyl (C=O) groups is 1. The summed E-state index contributed by atoms with van der Waals surface area (Å²) in [6.07, 6.45) is 1.43. The molecule has 24 heavy (non-hydrogen) atoms. The van der Waals surface area contributed by atoms with Crippen LogP contribution in [-0.4, -0.2) is 18.6 Å². The number of benzene rings is 1. The van der Waals surface area contributed by atoms with Gasteiger partial charge >= 0.3 is 0 Å². The summed E-state index contributed by atoms with van der Waals surface area (Å²) in [7, 11) is 3.32. The van der Waals surface area contributed by atoms with Crippen LogP contribution in [0.4, 0.5) is 5.69 Å². The predicted molar refractivity (Wildman–Crippen MR) is 103 cm³/mol. The first-order chi connectivity index (χ1) is 11.4. The van der Waals surface area contributed by atoms with Crippen LogP contribution in [0.2, 0.25) is 0 Å². The highest BCUT2D eigenvalue weighted by atomic mass is 32.9. The van der Waals surface area contributed by atoms with Crippen LogP contribution >= 0.6 is 32.9 Å². The van der Waals surface area contributed by atoms with Crippen molar-refractivity contribution in [2.24, 2.45) is 0 Å². The standard InChI is InChI=1S/C18H19NO2S3/c1-10-6-7-12-11(9-10)14-15(23-24-17(14)22)18(2,3)19(12)16(20)13-5-4-8-21-13/h6-7,9,13H,4-5,8H2,1-3H3/t13-/m0/s1. The van der Waals surface area contributed by atoms with Gasteiger partial charge in [-0.2, -0.15) is 0 Å². The number of anilines is 1. The number of hydrogen-bond acceptors (Lipinski definition) is 5. The van der Waals surface area contributed by atoms with Crippen LogP contribution in [0, 0.1) is 10.7 Å². The van der Waals surface area contributed by atoms with Gasteiger partial charge in [0.05, 0.1) is 16.1 Å². The van der Waals surface area contributed by atoms with Crippen LogP contribution in [-0.2, 0) is 15.1 Å². The third kappa shape index (κ3) is 2.31. The van der Waals surface area contributed by atoms with Gasteiger partial charge in [-0.05, 0) is 45.7 Å². The summed E-state index contributed by atoms with van der Waals surface area (Å²) in [4.78, 5) is 16.4. The average Bonchev–Trinajstić information content (AvgIpc) is 3.17. The van der Waals surface area contributed by atoms with Gasteiger partial charge in [-0.15, -0.1) is 0 Å². The summed E-state index contributed by atoms with van der Waals surface area (Å²) in [5.74, 6) is 0.0672. The van der Waals surface area contributed by atoms with Gasteiger partial charge in [0.15, 0.2) is 0 Å². The molecule has 0 saturated carbocycles. The fraction of sp³-hybridized carbons (Fsp3) is 0.444. The number of ether oxygens (including phenoxy) is 1. The Morgan fingerprint density at radius 1 is 1.38 bits per heavy atom. The smallest absolute Gasteiger partial charge is 0.256 e. The van der Waals surface area contributed by atoms with Gasteiger partial charge in [0.25, 0.3) is 5.91 Å². The quantitative estimate of drug-likeness (QED) is 0.500. The van der Waals surface area contributed by atoms with E-state index in [9.17, 15) is 4.79 Å². The number of hydrogen-bond donors (Lipinski definition) is 0. The molecule has 3 heterocycles. The molecule has 2 aromatic rings. The van der Waals surface area contributed by atoms with E-state index in [1.54, 1.807) is 20.7 Å². The van der Waals surface area contributed by atoms with Gasteiger partial charge in [-0.3, -0.25) is 9.69 Å². The van der Waals surface area contributed by atoms with Crippen LogP contribution in [0.25, 0.3) is 11.1 Å². The highest BCUT2D eigenvalue weighted by Crippen LogP contribution is 2.52. The lowest BCUT2D eigenvalue weighted by molar-refractivity contribution is -0.128. The molecule has 0 spiro atoms. The fourth-order valence-electron chi connectivity index (χ4n) is 3.65. The second kappa shape index (κ2) is 5.73. The number of amides is 1. The van der Waals surface area contributed by atoms with Crippen molar-refractivity contribution in [2.45, 2.75) is 45.3 Å². The maximum Gasteiger partial charge on any atom is 0.256 e. The molecular formula is C18H19NO2S3. The van der Waals surface area contributed by atoms with Crippen molar-refractivity contribution >= 4 is 44.5 Å². The lowest BCUT2D eigenvalue weighted by Crippen LogP contribution is -2.51. The van der Waals surface area contributed by atoms with Gasteiger partial charge in [-0.1, -0.05) is 44.5 Å². The highest BCUT2D eigenvalue weighted by molar-refractivity contribution is 7.80. The molecule has 1 aromatic heterocycles. The van der Waals surface area contributed by atoms with Gasteiger partial charge in [0, 0.05) is 17.7 Å². The number of carbonyl (C=O) groups excluding carboxylic acids is 1. The Morgan fingerprint density at radius 3 is 2.88 bits per heavy atom. The minimum absolute atomic E-state index is 0.0672. The van der Waals surface area contributed by atoms with Crippen LogP contribution in [0.3, 0.4) is 0 Å². The second-order valence-electron chi connectivity index (χ2n) is 6.91. The van der Waals surface area contributed by atoms with Crippen LogP contribution in [0.1, 0.15) is 37.1 Å². The van der Waals surface area contributed by atoms with E-state index in [4.69, 9.17) is 17.0 Å². The van der Waals surface area contributed by atoms with Crippen molar-refractivity contribution < 1.29 is 9.53 Å². The molecule has 1 aromatic carbocycles. The molecule has 2 aliphatic heterocycles. The zero-order chi connectivity index (χ0) is 17.1. The molecule has 1 atom stereocenters. The molecule has 0 radical (unpaired) electrons. The van der Waals surface area contributed by atoms with Crippen molar-refractivity contribution in [1.29, 1.82) is 0 Å². The molecule has 4 rings (SSSR count). The Labute approximate surface area is 154 Å². The van der Waals surface area contributed by atoms with Gasteiger partial charge in [0.2, 0.25) is 0 Å². The maximum atomic E-state index is 13.3. The molecule has 6 heteroatoms. The Kier molecular flexibility index (Phi) is 3.91. The Morgan fingerprint density at radius 2 is 2.17 bits per heavy atom. The molecule has 1 fully saturated rings. The van der Waals surface area contributed by atoms with Crippen molar-refractivity contribution in [1.82, 2.24) is 0 Å². The lowest BCUT2D eigenvalue weighted by Gasteiger charge is -2.43. The van der Waals surface area contributed by atoms with E-state index in [0.29, 0.717) is 6.61 Å². The van der Waals surface area contributed by atoms with Gasteiger partial charge in [-0.25, -0.2) is 0 Å². The molecule has 0 aliphatic carbocycles. The third-order valence-electron chi connectivity index (χ3n) is 4.83. The first kappa shape index (κ1) is 16.4. The van der Waals surface area contributed by atoms with Crippen LogP contribution in [0.5, 0.6) is 0 Å². The second-order valence-corrected chi connectivity index (χ2v) is 9.73.